The first-order valence-electron chi connectivity index (χ1n) is 9.62. The molecule has 6 nitrogen and oxygen atoms in total. The topological polar surface area (TPSA) is 61.2 Å². The van der Waals surface area contributed by atoms with E-state index in [1.807, 2.05) is 35.1 Å². The molecule has 0 amide bonds. The Morgan fingerprint density at radius 2 is 1.83 bits per heavy atom. The van der Waals surface area contributed by atoms with Crippen molar-refractivity contribution in [2.75, 3.05) is 7.11 Å². The van der Waals surface area contributed by atoms with Gasteiger partial charge in [-0.05, 0) is 50.6 Å². The molecule has 0 saturated carbocycles. The molecular weight excluding hydrogens is 423 g/mol. The fourth-order valence-electron chi connectivity index (χ4n) is 2.78. The predicted molar refractivity (Wildman–Crippen MR) is 119 cm³/mol. The van der Waals surface area contributed by atoms with Crippen molar-refractivity contribution in [1.82, 2.24) is 20.3 Å². The molecular formula is C22H26Cl2N4O2. The van der Waals surface area contributed by atoms with Crippen LogP contribution in [0.15, 0.2) is 42.6 Å². The van der Waals surface area contributed by atoms with E-state index in [2.05, 4.69) is 36.4 Å². The summed E-state index contributed by atoms with van der Waals surface area (Å²) in [6.45, 7) is 7.90. The Morgan fingerprint density at radius 1 is 1.03 bits per heavy atom. The first-order chi connectivity index (χ1) is 14.3. The second-order valence-corrected chi connectivity index (χ2v) is 8.78. The normalized spacial score (nSPS) is 11.5. The Bertz CT molecular complexity index is 999. The maximum atomic E-state index is 6.21. The zero-order valence-corrected chi connectivity index (χ0v) is 19.1. The summed E-state index contributed by atoms with van der Waals surface area (Å²) in [7, 11) is 1.62. The lowest BCUT2D eigenvalue weighted by Gasteiger charge is -2.17. The molecule has 3 aromatic rings. The molecule has 0 saturated heterocycles. The standard InChI is InChI=1S/C22H26Cl2N4O2/c1-22(2,3)28-13-18(26-27-28)12-25-11-15-5-8-20(21(9-15)29-4)30-14-16-6-7-17(23)10-19(16)24/h5-10,13,25H,11-12,14H2,1-4H3. The van der Waals surface area contributed by atoms with Crippen molar-refractivity contribution >= 4 is 23.2 Å². The van der Waals surface area contributed by atoms with Gasteiger partial charge in [0.2, 0.25) is 0 Å². The van der Waals surface area contributed by atoms with Crippen LogP contribution in [0.4, 0.5) is 0 Å². The Labute approximate surface area is 187 Å². The summed E-state index contributed by atoms with van der Waals surface area (Å²) in [5.74, 6) is 1.32. The van der Waals surface area contributed by atoms with Crippen LogP contribution in [0.3, 0.4) is 0 Å². The van der Waals surface area contributed by atoms with Gasteiger partial charge >= 0.3 is 0 Å². The number of benzene rings is 2. The van der Waals surface area contributed by atoms with Crippen LogP contribution in [0.5, 0.6) is 11.5 Å². The van der Waals surface area contributed by atoms with E-state index in [0.717, 1.165) is 16.8 Å². The van der Waals surface area contributed by atoms with Gasteiger partial charge in [0.1, 0.15) is 6.61 Å². The summed E-state index contributed by atoms with van der Waals surface area (Å²) in [6, 6.07) is 11.2. The van der Waals surface area contributed by atoms with Gasteiger partial charge in [0.05, 0.1) is 24.5 Å². The van der Waals surface area contributed by atoms with Crippen LogP contribution in [0.25, 0.3) is 0 Å². The average molecular weight is 449 g/mol. The molecule has 0 spiro atoms. The smallest absolute Gasteiger partial charge is 0.161 e. The lowest BCUT2D eigenvalue weighted by Crippen LogP contribution is -2.22. The molecule has 0 unspecified atom stereocenters. The van der Waals surface area contributed by atoms with Gasteiger partial charge in [0, 0.05) is 28.7 Å². The van der Waals surface area contributed by atoms with Gasteiger partial charge in [-0.1, -0.05) is 40.5 Å². The fourth-order valence-corrected chi connectivity index (χ4v) is 3.24. The molecule has 3 rings (SSSR count). The van der Waals surface area contributed by atoms with Crippen molar-refractivity contribution in [2.24, 2.45) is 0 Å². The highest BCUT2D eigenvalue weighted by atomic mass is 35.5. The summed E-state index contributed by atoms with van der Waals surface area (Å²) in [5.41, 5.74) is 2.76. The van der Waals surface area contributed by atoms with Crippen LogP contribution < -0.4 is 14.8 Å². The molecule has 0 bridgehead atoms. The molecule has 0 radical (unpaired) electrons. The molecule has 160 valence electrons. The number of ether oxygens (including phenoxy) is 2. The molecule has 2 aromatic carbocycles. The number of methoxy groups -OCH3 is 1. The highest BCUT2D eigenvalue weighted by molar-refractivity contribution is 6.35. The van der Waals surface area contributed by atoms with E-state index in [1.165, 1.54) is 0 Å². The molecule has 0 atom stereocenters. The molecule has 1 N–H and O–H groups in total. The van der Waals surface area contributed by atoms with E-state index >= 15 is 0 Å². The van der Waals surface area contributed by atoms with E-state index in [-0.39, 0.29) is 5.54 Å². The molecule has 0 fully saturated rings. The van der Waals surface area contributed by atoms with E-state index in [0.29, 0.717) is 41.2 Å². The highest BCUT2D eigenvalue weighted by Gasteiger charge is 2.15. The van der Waals surface area contributed by atoms with Crippen LogP contribution in [0, 0.1) is 0 Å². The molecule has 0 aliphatic carbocycles. The third-order valence-electron chi connectivity index (χ3n) is 4.49. The van der Waals surface area contributed by atoms with Crippen LogP contribution in [0.2, 0.25) is 10.0 Å². The Morgan fingerprint density at radius 3 is 2.50 bits per heavy atom. The second-order valence-electron chi connectivity index (χ2n) is 7.94. The molecule has 8 heteroatoms. The number of rotatable bonds is 8. The van der Waals surface area contributed by atoms with Gasteiger partial charge in [-0.25, -0.2) is 4.68 Å². The largest absolute Gasteiger partial charge is 0.493 e. The summed E-state index contributed by atoms with van der Waals surface area (Å²) in [5, 5.41) is 12.9. The molecule has 30 heavy (non-hydrogen) atoms. The van der Waals surface area contributed by atoms with Crippen LogP contribution >= 0.6 is 23.2 Å². The quantitative estimate of drug-likeness (QED) is 0.511. The molecule has 1 aromatic heterocycles. The second kappa shape index (κ2) is 9.69. The minimum absolute atomic E-state index is 0.0787. The number of nitrogens with one attached hydrogen (secondary N) is 1. The first-order valence-corrected chi connectivity index (χ1v) is 10.4. The summed E-state index contributed by atoms with van der Waals surface area (Å²) in [6.07, 6.45) is 1.96. The van der Waals surface area contributed by atoms with E-state index < -0.39 is 0 Å². The zero-order chi connectivity index (χ0) is 21.7. The number of hydrogen-bond acceptors (Lipinski definition) is 5. The first kappa shape index (κ1) is 22.4. The van der Waals surface area contributed by atoms with Crippen molar-refractivity contribution in [3.63, 3.8) is 0 Å². The van der Waals surface area contributed by atoms with Gasteiger partial charge in [0.15, 0.2) is 11.5 Å². The van der Waals surface area contributed by atoms with E-state index in [1.54, 1.807) is 19.2 Å². The maximum absolute atomic E-state index is 6.21. The minimum Gasteiger partial charge on any atom is -0.493 e. The van der Waals surface area contributed by atoms with Gasteiger partial charge < -0.3 is 14.8 Å². The number of nitrogens with zero attached hydrogens (tertiary/aromatic N) is 3. The zero-order valence-electron chi connectivity index (χ0n) is 17.6. The van der Waals surface area contributed by atoms with Crippen LogP contribution in [-0.4, -0.2) is 22.1 Å². The van der Waals surface area contributed by atoms with Gasteiger partial charge in [-0.2, -0.15) is 0 Å². The van der Waals surface area contributed by atoms with Crippen molar-refractivity contribution in [3.05, 3.63) is 69.5 Å². The number of aromatic nitrogens is 3. The Kier molecular flexibility index (Phi) is 7.23. The Hall–Kier alpha value is -2.28. The van der Waals surface area contributed by atoms with Gasteiger partial charge in [0.25, 0.3) is 0 Å². The molecule has 0 aliphatic rings. The number of hydrogen-bond donors (Lipinski definition) is 1. The van der Waals surface area contributed by atoms with Crippen molar-refractivity contribution < 1.29 is 9.47 Å². The lowest BCUT2D eigenvalue weighted by molar-refractivity contribution is 0.284. The highest BCUT2D eigenvalue weighted by Crippen LogP contribution is 2.30. The van der Waals surface area contributed by atoms with Gasteiger partial charge in [-0.3, -0.25) is 0 Å². The molecule has 0 aliphatic heterocycles. The lowest BCUT2D eigenvalue weighted by atomic mass is 10.1. The Balaban J connectivity index is 1.57. The van der Waals surface area contributed by atoms with Gasteiger partial charge in [-0.15, -0.1) is 5.10 Å². The van der Waals surface area contributed by atoms with Crippen molar-refractivity contribution in [2.45, 2.75) is 46.0 Å². The third kappa shape index (κ3) is 5.88. The minimum atomic E-state index is -0.0787. The fraction of sp³-hybridized carbons (Fsp3) is 0.364. The summed E-state index contributed by atoms with van der Waals surface area (Å²) < 4.78 is 13.3. The maximum Gasteiger partial charge on any atom is 0.161 e. The van der Waals surface area contributed by atoms with Crippen LogP contribution in [0.1, 0.15) is 37.6 Å². The third-order valence-corrected chi connectivity index (χ3v) is 5.08. The summed E-state index contributed by atoms with van der Waals surface area (Å²) in [4.78, 5) is 0. The summed E-state index contributed by atoms with van der Waals surface area (Å²) >= 11 is 12.2. The predicted octanol–water partition coefficient (Wildman–Crippen LogP) is 5.22. The SMILES string of the molecule is COc1cc(CNCc2cn(C(C)(C)C)nn2)ccc1OCc1ccc(Cl)cc1Cl. The number of halogens is 2. The van der Waals surface area contributed by atoms with E-state index in [9.17, 15) is 0 Å². The molecule has 1 heterocycles. The van der Waals surface area contributed by atoms with E-state index in [4.69, 9.17) is 32.7 Å². The van der Waals surface area contributed by atoms with Crippen LogP contribution in [-0.2, 0) is 25.2 Å². The average Bonchev–Trinajstić information content (AvgIpc) is 3.17. The monoisotopic (exact) mass is 448 g/mol. The van der Waals surface area contributed by atoms with Crippen molar-refractivity contribution in [3.8, 4) is 11.5 Å². The van der Waals surface area contributed by atoms with Crippen molar-refractivity contribution in [1.29, 1.82) is 0 Å².